The van der Waals surface area contributed by atoms with Crippen LogP contribution in [0.2, 0.25) is 12.1 Å². The second-order valence-electron chi connectivity index (χ2n) is 8.39. The van der Waals surface area contributed by atoms with Gasteiger partial charge in [0.25, 0.3) is 0 Å². The maximum Gasteiger partial charge on any atom is 0.500 e. The highest BCUT2D eigenvalue weighted by atomic mass is 28.4. The molecule has 0 rings (SSSR count). The Morgan fingerprint density at radius 3 is 1.03 bits per heavy atom. The lowest BCUT2D eigenvalue weighted by molar-refractivity contribution is 0.0678. The average molecular weight is 511 g/mol. The maximum absolute atomic E-state index is 10.3. The van der Waals surface area contributed by atoms with Crippen LogP contribution in [0.3, 0.4) is 0 Å². The van der Waals surface area contributed by atoms with Crippen molar-refractivity contribution in [2.24, 2.45) is 5.41 Å². The summed E-state index contributed by atoms with van der Waals surface area (Å²) in [5, 5.41) is 10.3. The van der Waals surface area contributed by atoms with Crippen LogP contribution >= 0.6 is 0 Å². The van der Waals surface area contributed by atoms with Crippen LogP contribution in [0.4, 0.5) is 0 Å². The Morgan fingerprint density at radius 2 is 0.818 bits per heavy atom. The Morgan fingerprint density at radius 1 is 0.515 bits per heavy atom. The van der Waals surface area contributed by atoms with E-state index in [1.165, 1.54) is 0 Å². The molecule has 200 valence electrons. The van der Waals surface area contributed by atoms with E-state index in [2.05, 4.69) is 6.92 Å². The van der Waals surface area contributed by atoms with Gasteiger partial charge in [0, 0.05) is 58.3 Å². The highest BCUT2D eigenvalue weighted by molar-refractivity contribution is 6.61. The molecule has 0 aliphatic carbocycles. The molecule has 9 heteroatoms. The number of rotatable bonds is 24. The molecule has 0 saturated carbocycles. The zero-order chi connectivity index (χ0) is 25.1. The van der Waals surface area contributed by atoms with E-state index in [4.69, 9.17) is 26.6 Å². The second-order valence-corrected chi connectivity index (χ2v) is 13.9. The summed E-state index contributed by atoms with van der Waals surface area (Å²) in [7, 11) is -5.18. The third kappa shape index (κ3) is 12.6. The van der Waals surface area contributed by atoms with E-state index in [0.717, 1.165) is 57.0 Å². The van der Waals surface area contributed by atoms with E-state index < -0.39 is 17.6 Å². The molecule has 0 bridgehead atoms. The molecule has 0 aromatic rings. The summed E-state index contributed by atoms with van der Waals surface area (Å²) in [6.07, 6.45) is 7.02. The van der Waals surface area contributed by atoms with Gasteiger partial charge in [-0.1, -0.05) is 19.8 Å². The molecule has 1 N–H and O–H groups in total. The van der Waals surface area contributed by atoms with Gasteiger partial charge in [0.15, 0.2) is 0 Å². The predicted octanol–water partition coefficient (Wildman–Crippen LogP) is 5.81. The Hall–Kier alpha value is 0.154. The quantitative estimate of drug-likeness (QED) is 0.130. The van der Waals surface area contributed by atoms with Gasteiger partial charge in [-0.05, 0) is 79.1 Å². The van der Waals surface area contributed by atoms with E-state index in [0.29, 0.717) is 39.6 Å². The van der Waals surface area contributed by atoms with Gasteiger partial charge in [-0.3, -0.25) is 0 Å². The van der Waals surface area contributed by atoms with Crippen LogP contribution in [0.25, 0.3) is 0 Å². The van der Waals surface area contributed by atoms with E-state index in [-0.39, 0.29) is 12.0 Å². The minimum Gasteiger partial charge on any atom is -0.396 e. The van der Waals surface area contributed by atoms with Gasteiger partial charge in [0.05, 0.1) is 0 Å². The minimum atomic E-state index is -2.59. The van der Waals surface area contributed by atoms with Crippen molar-refractivity contribution in [3.63, 3.8) is 0 Å². The SMILES string of the molecule is CCO[Si](CCCCC(CC)(CO)CCCC[Si](OCC)(OCC)OCC)(OCC)OCC. The summed E-state index contributed by atoms with van der Waals surface area (Å²) in [6.45, 7) is 18.0. The van der Waals surface area contributed by atoms with Crippen molar-refractivity contribution >= 4 is 17.6 Å². The molecule has 0 unspecified atom stereocenters. The summed E-state index contributed by atoms with van der Waals surface area (Å²) in [5.74, 6) is 0. The number of unbranched alkanes of at least 4 members (excludes halogenated alkanes) is 2. The van der Waals surface area contributed by atoms with Gasteiger partial charge < -0.3 is 31.7 Å². The van der Waals surface area contributed by atoms with Crippen LogP contribution in [-0.2, 0) is 26.6 Å². The molecule has 0 spiro atoms. The van der Waals surface area contributed by atoms with E-state index in [9.17, 15) is 5.11 Å². The second kappa shape index (κ2) is 19.4. The molecule has 0 radical (unpaired) electrons. The molecule has 0 saturated heterocycles. The van der Waals surface area contributed by atoms with Crippen molar-refractivity contribution in [3.05, 3.63) is 0 Å². The molecule has 0 heterocycles. The van der Waals surface area contributed by atoms with Crippen molar-refractivity contribution in [3.8, 4) is 0 Å². The first-order valence-corrected chi connectivity index (χ1v) is 17.2. The summed E-state index contributed by atoms with van der Waals surface area (Å²) >= 11 is 0. The van der Waals surface area contributed by atoms with Gasteiger partial charge in [-0.15, -0.1) is 0 Å². The molecular weight excluding hydrogens is 456 g/mol. The average Bonchev–Trinajstić information content (AvgIpc) is 2.79. The van der Waals surface area contributed by atoms with E-state index in [1.54, 1.807) is 0 Å². The molecular formula is C24H54O7Si2. The molecule has 0 aromatic carbocycles. The fourth-order valence-electron chi connectivity index (χ4n) is 4.43. The number of aliphatic hydroxyl groups excluding tert-OH is 1. The number of hydrogen-bond donors (Lipinski definition) is 1. The third-order valence-electron chi connectivity index (χ3n) is 6.15. The van der Waals surface area contributed by atoms with Gasteiger partial charge in [-0.25, -0.2) is 0 Å². The van der Waals surface area contributed by atoms with Crippen molar-refractivity contribution in [1.29, 1.82) is 0 Å². The van der Waals surface area contributed by atoms with Crippen LogP contribution in [0.15, 0.2) is 0 Å². The molecule has 33 heavy (non-hydrogen) atoms. The van der Waals surface area contributed by atoms with Crippen LogP contribution in [-0.4, -0.2) is 69.0 Å². The monoisotopic (exact) mass is 510 g/mol. The fourth-order valence-corrected chi connectivity index (χ4v) is 9.80. The lowest BCUT2D eigenvalue weighted by Crippen LogP contribution is -2.46. The topological polar surface area (TPSA) is 75.6 Å². The molecule has 0 amide bonds. The van der Waals surface area contributed by atoms with Gasteiger partial charge in [-0.2, -0.15) is 0 Å². The van der Waals surface area contributed by atoms with Crippen molar-refractivity contribution in [2.75, 3.05) is 46.2 Å². The van der Waals surface area contributed by atoms with Crippen molar-refractivity contribution in [2.45, 2.75) is 106 Å². The van der Waals surface area contributed by atoms with E-state index >= 15 is 0 Å². The van der Waals surface area contributed by atoms with Crippen LogP contribution < -0.4 is 0 Å². The summed E-state index contributed by atoms with van der Waals surface area (Å²) in [5.41, 5.74) is -0.0416. The number of aliphatic hydroxyl groups is 1. The first-order chi connectivity index (χ1) is 15.9. The van der Waals surface area contributed by atoms with Crippen LogP contribution in [0.5, 0.6) is 0 Å². The lowest BCUT2D eigenvalue weighted by Gasteiger charge is -2.33. The standard InChI is InChI=1S/C24H54O7Si2/c1-8-24(23-25,19-15-17-21-32(26-9-2,27-10-3)28-11-4)20-16-18-22-33(29-12-5,30-13-6)31-14-7/h25H,8-23H2,1-7H3. The molecule has 0 aliphatic heterocycles. The largest absolute Gasteiger partial charge is 0.500 e. The molecule has 0 atom stereocenters. The van der Waals surface area contributed by atoms with Crippen molar-refractivity contribution < 1.29 is 31.7 Å². The Balaban J connectivity index is 4.79. The van der Waals surface area contributed by atoms with E-state index in [1.807, 2.05) is 41.5 Å². The predicted molar refractivity (Wildman–Crippen MR) is 138 cm³/mol. The number of hydrogen-bond acceptors (Lipinski definition) is 7. The minimum absolute atomic E-state index is 0.0416. The van der Waals surface area contributed by atoms with Crippen LogP contribution in [0.1, 0.15) is 93.4 Å². The fraction of sp³-hybridized carbons (Fsp3) is 1.00. The molecule has 0 aromatic heterocycles. The van der Waals surface area contributed by atoms with Crippen LogP contribution in [0, 0.1) is 5.41 Å². The Labute approximate surface area is 206 Å². The van der Waals surface area contributed by atoms with Crippen molar-refractivity contribution in [1.82, 2.24) is 0 Å². The smallest absolute Gasteiger partial charge is 0.396 e. The molecule has 0 aliphatic rings. The summed E-state index contributed by atoms with van der Waals surface area (Å²) in [6, 6.07) is 1.66. The highest BCUT2D eigenvalue weighted by Crippen LogP contribution is 2.36. The van der Waals surface area contributed by atoms with Gasteiger partial charge in [0.2, 0.25) is 0 Å². The first-order valence-electron chi connectivity index (χ1n) is 13.3. The highest BCUT2D eigenvalue weighted by Gasteiger charge is 2.41. The first kappa shape index (κ1) is 33.2. The summed E-state index contributed by atoms with van der Waals surface area (Å²) < 4.78 is 35.9. The molecule has 0 fully saturated rings. The Kier molecular flexibility index (Phi) is 19.4. The maximum atomic E-state index is 10.3. The lowest BCUT2D eigenvalue weighted by atomic mass is 9.77. The third-order valence-corrected chi connectivity index (χ3v) is 12.5. The molecule has 7 nitrogen and oxygen atoms in total. The van der Waals surface area contributed by atoms with Gasteiger partial charge in [0.1, 0.15) is 0 Å². The zero-order valence-corrected chi connectivity index (χ0v) is 24.7. The summed E-state index contributed by atoms with van der Waals surface area (Å²) in [4.78, 5) is 0. The van der Waals surface area contributed by atoms with Gasteiger partial charge >= 0.3 is 17.6 Å². The zero-order valence-electron chi connectivity index (χ0n) is 22.7. The Bertz CT molecular complexity index is 380. The normalized spacial score (nSPS) is 13.1.